The van der Waals surface area contributed by atoms with E-state index in [1.807, 2.05) is 55.4 Å². The molecule has 0 aromatic carbocycles. The average molecular weight is 371 g/mol. The van der Waals surface area contributed by atoms with Crippen molar-refractivity contribution in [3.05, 3.63) is 0 Å². The molecule has 0 aromatic heterocycles. The van der Waals surface area contributed by atoms with E-state index in [0.717, 1.165) is 6.42 Å². The second-order valence-corrected chi connectivity index (χ2v) is 10.9. The van der Waals surface area contributed by atoms with Crippen LogP contribution in [0.15, 0.2) is 0 Å². The fraction of sp³-hybridized carbons (Fsp3) is 0.909. The first kappa shape index (κ1) is 24.9. The lowest BCUT2D eigenvalue weighted by molar-refractivity contribution is -0.166. The van der Waals surface area contributed by atoms with Gasteiger partial charge in [-0.15, -0.1) is 0 Å². The summed E-state index contributed by atoms with van der Waals surface area (Å²) in [6.45, 7) is 20.5. The summed E-state index contributed by atoms with van der Waals surface area (Å²) >= 11 is 0. The van der Waals surface area contributed by atoms with Crippen LogP contribution in [0.1, 0.15) is 88.5 Å². The van der Waals surface area contributed by atoms with Gasteiger partial charge in [-0.2, -0.15) is 0 Å². The summed E-state index contributed by atoms with van der Waals surface area (Å²) in [5.74, 6) is -1.98. The number of esters is 1. The standard InChI is InChI=1S/C22H42O4/c1-14(2)11-18(15(3)4)26-20(25)17(13-22(8,9)10)16(19(23)24)12-21(5,6)7/h14-18H,11-13H2,1-10H3,(H,23,24). The van der Waals surface area contributed by atoms with Crippen molar-refractivity contribution in [1.29, 1.82) is 0 Å². The Bertz CT molecular complexity index is 452. The second-order valence-electron chi connectivity index (χ2n) is 10.9. The lowest BCUT2D eigenvalue weighted by Gasteiger charge is -2.34. The summed E-state index contributed by atoms with van der Waals surface area (Å²) in [6, 6.07) is 0. The van der Waals surface area contributed by atoms with Crippen molar-refractivity contribution >= 4 is 11.9 Å². The van der Waals surface area contributed by atoms with Crippen LogP contribution in [-0.4, -0.2) is 23.1 Å². The van der Waals surface area contributed by atoms with Gasteiger partial charge in [-0.1, -0.05) is 69.2 Å². The summed E-state index contributed by atoms with van der Waals surface area (Å²) < 4.78 is 5.87. The average Bonchev–Trinajstić information content (AvgIpc) is 2.38. The van der Waals surface area contributed by atoms with E-state index in [9.17, 15) is 14.7 Å². The Kier molecular flexibility index (Phi) is 9.36. The molecule has 26 heavy (non-hydrogen) atoms. The molecule has 0 saturated heterocycles. The fourth-order valence-corrected chi connectivity index (χ4v) is 3.27. The minimum absolute atomic E-state index is 0.152. The molecule has 0 saturated carbocycles. The normalized spacial score (nSPS) is 16.5. The number of ether oxygens (including phenoxy) is 1. The molecule has 0 aliphatic carbocycles. The highest BCUT2D eigenvalue weighted by molar-refractivity contribution is 5.81. The first-order valence-corrected chi connectivity index (χ1v) is 9.97. The first-order chi connectivity index (χ1) is 11.5. The number of hydrogen-bond donors (Lipinski definition) is 1. The van der Waals surface area contributed by atoms with Gasteiger partial charge < -0.3 is 9.84 Å². The predicted molar refractivity (Wildman–Crippen MR) is 107 cm³/mol. The van der Waals surface area contributed by atoms with Crippen molar-refractivity contribution < 1.29 is 19.4 Å². The van der Waals surface area contributed by atoms with E-state index < -0.39 is 17.8 Å². The van der Waals surface area contributed by atoms with Crippen molar-refractivity contribution in [1.82, 2.24) is 0 Å². The van der Waals surface area contributed by atoms with Gasteiger partial charge in [0.05, 0.1) is 11.8 Å². The number of hydrogen-bond acceptors (Lipinski definition) is 3. The maximum atomic E-state index is 13.1. The molecular formula is C22H42O4. The molecular weight excluding hydrogens is 328 g/mol. The third-order valence-corrected chi connectivity index (χ3v) is 4.49. The van der Waals surface area contributed by atoms with Gasteiger partial charge in [-0.3, -0.25) is 9.59 Å². The van der Waals surface area contributed by atoms with Gasteiger partial charge in [0.1, 0.15) is 6.10 Å². The van der Waals surface area contributed by atoms with Gasteiger partial charge in [0, 0.05) is 0 Å². The van der Waals surface area contributed by atoms with E-state index in [2.05, 4.69) is 13.8 Å². The Hall–Kier alpha value is -1.06. The Labute approximate surface area is 161 Å². The summed E-state index contributed by atoms with van der Waals surface area (Å²) in [6.07, 6.45) is 1.58. The Balaban J connectivity index is 5.62. The third kappa shape index (κ3) is 10.2. The van der Waals surface area contributed by atoms with Crippen LogP contribution in [0, 0.1) is 34.5 Å². The van der Waals surface area contributed by atoms with Gasteiger partial charge >= 0.3 is 11.9 Å². The van der Waals surface area contributed by atoms with Crippen LogP contribution in [0.2, 0.25) is 0 Å². The van der Waals surface area contributed by atoms with E-state index in [1.54, 1.807) is 0 Å². The number of carbonyl (C=O) groups excluding carboxylic acids is 1. The second kappa shape index (κ2) is 9.75. The van der Waals surface area contributed by atoms with Gasteiger partial charge in [0.2, 0.25) is 0 Å². The fourth-order valence-electron chi connectivity index (χ4n) is 3.27. The Morgan fingerprint density at radius 3 is 1.58 bits per heavy atom. The van der Waals surface area contributed by atoms with E-state index in [-0.39, 0.29) is 28.8 Å². The summed E-state index contributed by atoms with van der Waals surface area (Å²) in [5, 5.41) is 9.83. The zero-order valence-electron chi connectivity index (χ0n) is 18.7. The minimum atomic E-state index is -0.906. The van der Waals surface area contributed by atoms with Crippen molar-refractivity contribution in [2.45, 2.75) is 94.6 Å². The lowest BCUT2D eigenvalue weighted by Crippen LogP contribution is -2.38. The molecule has 1 N–H and O–H groups in total. The summed E-state index contributed by atoms with van der Waals surface area (Å²) in [5.41, 5.74) is -0.324. The molecule has 4 nitrogen and oxygen atoms in total. The molecule has 0 spiro atoms. The Morgan fingerprint density at radius 1 is 0.846 bits per heavy atom. The predicted octanol–water partition coefficient (Wildman–Crippen LogP) is 5.79. The van der Waals surface area contributed by atoms with Gasteiger partial charge in [-0.05, 0) is 41.9 Å². The van der Waals surface area contributed by atoms with Crippen molar-refractivity contribution in [3.8, 4) is 0 Å². The molecule has 0 aliphatic rings. The largest absolute Gasteiger partial charge is 0.481 e. The number of rotatable bonds is 9. The highest BCUT2D eigenvalue weighted by Gasteiger charge is 2.40. The van der Waals surface area contributed by atoms with E-state index in [0.29, 0.717) is 18.8 Å². The summed E-state index contributed by atoms with van der Waals surface area (Å²) in [7, 11) is 0. The zero-order valence-corrected chi connectivity index (χ0v) is 18.7. The topological polar surface area (TPSA) is 63.6 Å². The van der Waals surface area contributed by atoms with Crippen molar-refractivity contribution in [2.75, 3.05) is 0 Å². The number of carboxylic acids is 1. The van der Waals surface area contributed by atoms with Crippen LogP contribution in [0.4, 0.5) is 0 Å². The minimum Gasteiger partial charge on any atom is -0.481 e. The van der Waals surface area contributed by atoms with Crippen LogP contribution in [0.5, 0.6) is 0 Å². The van der Waals surface area contributed by atoms with Crippen LogP contribution >= 0.6 is 0 Å². The quantitative estimate of drug-likeness (QED) is 0.522. The van der Waals surface area contributed by atoms with Crippen LogP contribution in [0.25, 0.3) is 0 Å². The van der Waals surface area contributed by atoms with Crippen LogP contribution in [0.3, 0.4) is 0 Å². The Morgan fingerprint density at radius 2 is 1.27 bits per heavy atom. The van der Waals surface area contributed by atoms with Gasteiger partial charge in [-0.25, -0.2) is 0 Å². The van der Waals surface area contributed by atoms with Gasteiger partial charge in [0.25, 0.3) is 0 Å². The third-order valence-electron chi connectivity index (χ3n) is 4.49. The maximum absolute atomic E-state index is 13.1. The first-order valence-electron chi connectivity index (χ1n) is 9.97. The molecule has 0 aromatic rings. The highest BCUT2D eigenvalue weighted by Crippen LogP contribution is 2.37. The van der Waals surface area contributed by atoms with Crippen LogP contribution < -0.4 is 0 Å². The van der Waals surface area contributed by atoms with E-state index in [4.69, 9.17) is 4.74 Å². The SMILES string of the molecule is CC(C)CC(OC(=O)C(CC(C)(C)C)C(CC(C)(C)C)C(=O)O)C(C)C. The van der Waals surface area contributed by atoms with E-state index in [1.165, 1.54) is 0 Å². The molecule has 0 bridgehead atoms. The molecule has 0 aliphatic heterocycles. The molecule has 154 valence electrons. The molecule has 3 unspecified atom stereocenters. The maximum Gasteiger partial charge on any atom is 0.310 e. The molecule has 0 fully saturated rings. The number of aliphatic carboxylic acids is 1. The lowest BCUT2D eigenvalue weighted by atomic mass is 9.73. The molecule has 0 radical (unpaired) electrons. The molecule has 0 heterocycles. The van der Waals surface area contributed by atoms with Gasteiger partial charge in [0.15, 0.2) is 0 Å². The molecule has 0 amide bonds. The number of carbonyl (C=O) groups is 2. The smallest absolute Gasteiger partial charge is 0.310 e. The van der Waals surface area contributed by atoms with Crippen molar-refractivity contribution in [2.24, 2.45) is 34.5 Å². The molecule has 3 atom stereocenters. The van der Waals surface area contributed by atoms with Crippen LogP contribution in [-0.2, 0) is 14.3 Å². The summed E-state index contributed by atoms with van der Waals surface area (Å²) in [4.78, 5) is 25.1. The zero-order chi connectivity index (χ0) is 20.9. The molecule has 4 heteroatoms. The monoisotopic (exact) mass is 370 g/mol. The highest BCUT2D eigenvalue weighted by atomic mass is 16.5. The van der Waals surface area contributed by atoms with E-state index >= 15 is 0 Å². The number of carboxylic acid groups (broad SMARTS) is 1. The molecule has 0 rings (SSSR count). The van der Waals surface area contributed by atoms with Crippen molar-refractivity contribution in [3.63, 3.8) is 0 Å².